The molecule has 1 aromatic heterocycles. The van der Waals surface area contributed by atoms with E-state index in [0.717, 1.165) is 0 Å². The molecule has 1 aromatic rings. The lowest BCUT2D eigenvalue weighted by Gasteiger charge is -2.08. The molecule has 14 heavy (non-hydrogen) atoms. The second kappa shape index (κ2) is 3.38. The van der Waals surface area contributed by atoms with Gasteiger partial charge in [-0.05, 0) is 12.1 Å². The van der Waals surface area contributed by atoms with Gasteiger partial charge in [-0.25, -0.2) is 18.4 Å². The summed E-state index contributed by atoms with van der Waals surface area (Å²) in [6.07, 6.45) is 4.80. The summed E-state index contributed by atoms with van der Waals surface area (Å²) < 4.78 is 22.1. The molecular formula is C8H9N3O2S. The molecular weight excluding hydrogens is 202 g/mol. The van der Waals surface area contributed by atoms with Crippen LogP contribution < -0.4 is 5.32 Å². The fourth-order valence-electron chi connectivity index (χ4n) is 1.21. The Labute approximate surface area is 81.8 Å². The van der Waals surface area contributed by atoms with Crippen molar-refractivity contribution in [1.29, 1.82) is 0 Å². The highest BCUT2D eigenvalue weighted by Crippen LogP contribution is 2.11. The molecule has 0 spiro atoms. The van der Waals surface area contributed by atoms with Crippen LogP contribution in [0.1, 0.15) is 0 Å². The number of nitrogens with one attached hydrogen (secondary N) is 1. The fourth-order valence-corrected chi connectivity index (χ4v) is 2.44. The minimum absolute atomic E-state index is 0.0747. The smallest absolute Gasteiger partial charge is 0.223 e. The number of aromatic nitrogens is 2. The van der Waals surface area contributed by atoms with E-state index in [1.165, 1.54) is 5.41 Å². The zero-order chi connectivity index (χ0) is 10.0. The van der Waals surface area contributed by atoms with E-state index in [2.05, 4.69) is 15.3 Å². The molecule has 2 rings (SSSR count). The van der Waals surface area contributed by atoms with Crippen molar-refractivity contribution in [2.24, 2.45) is 0 Å². The normalized spacial score (nSPS) is 23.6. The van der Waals surface area contributed by atoms with Crippen LogP contribution in [0.4, 0.5) is 5.95 Å². The summed E-state index contributed by atoms with van der Waals surface area (Å²) in [4.78, 5) is 7.88. The molecule has 0 radical (unpaired) electrons. The summed E-state index contributed by atoms with van der Waals surface area (Å²) >= 11 is 0. The zero-order valence-corrected chi connectivity index (χ0v) is 8.11. The maximum atomic E-state index is 11.1. The van der Waals surface area contributed by atoms with Gasteiger partial charge < -0.3 is 5.32 Å². The van der Waals surface area contributed by atoms with E-state index < -0.39 is 9.84 Å². The van der Waals surface area contributed by atoms with Gasteiger partial charge in [0.1, 0.15) is 0 Å². The lowest BCUT2D eigenvalue weighted by atomic mass is 10.3. The second-order valence-electron chi connectivity index (χ2n) is 2.98. The van der Waals surface area contributed by atoms with E-state index in [4.69, 9.17) is 0 Å². The van der Waals surface area contributed by atoms with E-state index in [0.29, 0.717) is 5.95 Å². The van der Waals surface area contributed by atoms with Crippen LogP contribution in [0.2, 0.25) is 0 Å². The van der Waals surface area contributed by atoms with Crippen LogP contribution in [-0.4, -0.2) is 30.2 Å². The van der Waals surface area contributed by atoms with Gasteiger partial charge in [0, 0.05) is 17.8 Å². The van der Waals surface area contributed by atoms with Gasteiger partial charge in [-0.3, -0.25) is 0 Å². The first-order chi connectivity index (χ1) is 6.66. The summed E-state index contributed by atoms with van der Waals surface area (Å²) in [6.45, 7) is 0. The van der Waals surface area contributed by atoms with Gasteiger partial charge in [0.05, 0.1) is 11.8 Å². The Hall–Kier alpha value is -1.43. The van der Waals surface area contributed by atoms with Crippen molar-refractivity contribution in [3.63, 3.8) is 0 Å². The Morgan fingerprint density at radius 1 is 1.36 bits per heavy atom. The molecule has 0 aliphatic carbocycles. The molecule has 1 atom stereocenters. The molecule has 0 amide bonds. The number of nitrogens with zero attached hydrogens (tertiary/aromatic N) is 2. The Morgan fingerprint density at radius 3 is 2.64 bits per heavy atom. The van der Waals surface area contributed by atoms with Crippen molar-refractivity contribution in [3.8, 4) is 0 Å². The Kier molecular flexibility index (Phi) is 2.20. The van der Waals surface area contributed by atoms with E-state index in [-0.39, 0.29) is 11.8 Å². The van der Waals surface area contributed by atoms with Crippen molar-refractivity contribution in [2.45, 2.75) is 6.04 Å². The third kappa shape index (κ3) is 2.08. The highest BCUT2D eigenvalue weighted by atomic mass is 32.2. The molecule has 0 fully saturated rings. The molecule has 1 unspecified atom stereocenters. The largest absolute Gasteiger partial charge is 0.347 e. The average Bonchev–Trinajstić information content (AvgIpc) is 2.47. The molecule has 1 aliphatic heterocycles. The van der Waals surface area contributed by atoms with Crippen molar-refractivity contribution < 1.29 is 8.42 Å². The van der Waals surface area contributed by atoms with Gasteiger partial charge in [-0.1, -0.05) is 0 Å². The maximum absolute atomic E-state index is 11.1. The molecule has 5 nitrogen and oxygen atoms in total. The highest BCUT2D eigenvalue weighted by molar-refractivity contribution is 7.94. The van der Waals surface area contributed by atoms with E-state index in [1.54, 1.807) is 24.5 Å². The predicted molar refractivity (Wildman–Crippen MR) is 52.4 cm³/mol. The number of rotatable bonds is 2. The zero-order valence-electron chi connectivity index (χ0n) is 7.29. The Balaban J connectivity index is 2.05. The Bertz CT molecular complexity index is 441. The van der Waals surface area contributed by atoms with Crippen LogP contribution in [0.3, 0.4) is 0 Å². The lowest BCUT2D eigenvalue weighted by molar-refractivity contribution is 0.605. The maximum Gasteiger partial charge on any atom is 0.223 e. The molecule has 0 aromatic carbocycles. The molecule has 74 valence electrons. The topological polar surface area (TPSA) is 72.0 Å². The minimum atomic E-state index is -3.01. The van der Waals surface area contributed by atoms with Crippen LogP contribution in [-0.2, 0) is 9.84 Å². The lowest BCUT2D eigenvalue weighted by Crippen LogP contribution is -2.22. The monoisotopic (exact) mass is 211 g/mol. The van der Waals surface area contributed by atoms with E-state index in [1.807, 2.05) is 0 Å². The summed E-state index contributed by atoms with van der Waals surface area (Å²) in [5.41, 5.74) is 0. The molecule has 2 heterocycles. The van der Waals surface area contributed by atoms with E-state index >= 15 is 0 Å². The predicted octanol–water partition coefficient (Wildman–Crippen LogP) is 0.199. The SMILES string of the molecule is O=S1(=O)C=CC(Nc2ncccn2)C1. The van der Waals surface area contributed by atoms with Gasteiger partial charge in [-0.15, -0.1) is 0 Å². The average molecular weight is 211 g/mol. The molecule has 1 N–H and O–H groups in total. The van der Waals surface area contributed by atoms with Crippen LogP contribution in [0.5, 0.6) is 0 Å². The van der Waals surface area contributed by atoms with Crippen LogP contribution in [0, 0.1) is 0 Å². The van der Waals surface area contributed by atoms with Crippen molar-refractivity contribution in [3.05, 3.63) is 29.9 Å². The van der Waals surface area contributed by atoms with Crippen LogP contribution >= 0.6 is 0 Å². The second-order valence-corrected chi connectivity index (χ2v) is 4.91. The molecule has 0 bridgehead atoms. The first kappa shape index (κ1) is 9.14. The van der Waals surface area contributed by atoms with E-state index in [9.17, 15) is 8.42 Å². The molecule has 1 aliphatic rings. The summed E-state index contributed by atoms with van der Waals surface area (Å²) in [6, 6.07) is 1.48. The molecule has 6 heteroatoms. The van der Waals surface area contributed by atoms with Gasteiger partial charge in [-0.2, -0.15) is 0 Å². The fraction of sp³-hybridized carbons (Fsp3) is 0.250. The van der Waals surface area contributed by atoms with Gasteiger partial charge in [0.15, 0.2) is 9.84 Å². The summed E-state index contributed by atoms with van der Waals surface area (Å²) in [7, 11) is -3.01. The highest BCUT2D eigenvalue weighted by Gasteiger charge is 2.21. The number of hydrogen-bond donors (Lipinski definition) is 1. The number of hydrogen-bond acceptors (Lipinski definition) is 5. The standard InChI is InChI=1S/C8H9N3O2S/c12-14(13)5-2-7(6-14)11-8-9-3-1-4-10-8/h1-5,7H,6H2,(H,9,10,11). The van der Waals surface area contributed by atoms with Crippen LogP contribution in [0.25, 0.3) is 0 Å². The first-order valence-corrected chi connectivity index (χ1v) is 5.82. The van der Waals surface area contributed by atoms with Gasteiger partial charge in [0.2, 0.25) is 5.95 Å². The number of sulfone groups is 1. The summed E-state index contributed by atoms with van der Waals surface area (Å²) in [5.74, 6) is 0.518. The van der Waals surface area contributed by atoms with Gasteiger partial charge >= 0.3 is 0 Å². The van der Waals surface area contributed by atoms with Crippen molar-refractivity contribution >= 4 is 15.8 Å². The van der Waals surface area contributed by atoms with Crippen molar-refractivity contribution in [1.82, 2.24) is 9.97 Å². The van der Waals surface area contributed by atoms with Crippen molar-refractivity contribution in [2.75, 3.05) is 11.1 Å². The third-order valence-corrected chi connectivity index (χ3v) is 3.21. The Morgan fingerprint density at radius 2 is 2.07 bits per heavy atom. The molecule has 0 saturated heterocycles. The minimum Gasteiger partial charge on any atom is -0.347 e. The third-order valence-electron chi connectivity index (χ3n) is 1.81. The first-order valence-electron chi connectivity index (χ1n) is 4.10. The quantitative estimate of drug-likeness (QED) is 0.756. The molecule has 0 saturated carbocycles. The van der Waals surface area contributed by atoms with Crippen LogP contribution in [0.15, 0.2) is 29.9 Å². The summed E-state index contributed by atoms with van der Waals surface area (Å²) in [5, 5.41) is 4.12. The number of anilines is 1. The van der Waals surface area contributed by atoms with Gasteiger partial charge in [0.25, 0.3) is 0 Å².